The van der Waals surface area contributed by atoms with Crippen LogP contribution >= 0.6 is 34.4 Å². The van der Waals surface area contributed by atoms with Crippen molar-refractivity contribution in [3.8, 4) is 0 Å². The van der Waals surface area contributed by atoms with Gasteiger partial charge in [-0.05, 0) is 58.7 Å². The van der Waals surface area contributed by atoms with Crippen molar-refractivity contribution >= 4 is 45.3 Å². The van der Waals surface area contributed by atoms with Crippen molar-refractivity contribution in [1.82, 2.24) is 9.55 Å². The number of hydrogen-bond donors (Lipinski definition) is 0. The minimum atomic E-state index is 0.0411. The second-order valence-corrected chi connectivity index (χ2v) is 8.77. The van der Waals surface area contributed by atoms with Crippen LogP contribution in [0.2, 0.25) is 0 Å². The van der Waals surface area contributed by atoms with Crippen LogP contribution in [0.25, 0.3) is 10.9 Å². The summed E-state index contributed by atoms with van der Waals surface area (Å²) < 4.78 is 2.87. The molecule has 0 saturated heterocycles. The molecule has 0 bridgehead atoms. The van der Waals surface area contributed by atoms with Crippen LogP contribution in [0.3, 0.4) is 0 Å². The summed E-state index contributed by atoms with van der Waals surface area (Å²) in [5.41, 5.74) is 1.93. The van der Waals surface area contributed by atoms with E-state index < -0.39 is 0 Å². The second-order valence-electron chi connectivity index (χ2n) is 6.46. The van der Waals surface area contributed by atoms with E-state index in [-0.39, 0.29) is 5.56 Å². The van der Waals surface area contributed by atoms with Crippen LogP contribution in [0, 0.1) is 9.49 Å². The van der Waals surface area contributed by atoms with Gasteiger partial charge in [-0.25, -0.2) is 4.98 Å². The number of nitrogens with zero attached hydrogens (tertiary/aromatic N) is 2. The first-order valence-corrected chi connectivity index (χ1v) is 10.5. The molecule has 0 aliphatic heterocycles. The topological polar surface area (TPSA) is 34.9 Å². The predicted molar refractivity (Wildman–Crippen MR) is 114 cm³/mol. The molecule has 0 N–H and O–H groups in total. The van der Waals surface area contributed by atoms with E-state index in [4.69, 9.17) is 4.98 Å². The summed E-state index contributed by atoms with van der Waals surface area (Å²) >= 11 is 3.92. The van der Waals surface area contributed by atoms with Gasteiger partial charge in [-0.2, -0.15) is 0 Å². The predicted octanol–water partition coefficient (Wildman–Crippen LogP) is 5.19. The van der Waals surface area contributed by atoms with E-state index in [1.165, 1.54) is 0 Å². The lowest BCUT2D eigenvalue weighted by Crippen LogP contribution is -2.24. The Balaban J connectivity index is 2.05. The molecule has 3 nitrogen and oxygen atoms in total. The molecule has 1 heterocycles. The van der Waals surface area contributed by atoms with Crippen LogP contribution < -0.4 is 5.56 Å². The Hall–Kier alpha value is -1.34. The number of rotatable bonds is 6. The molecule has 5 heteroatoms. The van der Waals surface area contributed by atoms with Crippen molar-refractivity contribution < 1.29 is 0 Å². The van der Waals surface area contributed by atoms with Crippen molar-refractivity contribution in [2.24, 2.45) is 5.92 Å². The molecule has 3 aromatic rings. The molecule has 0 radical (unpaired) electrons. The highest BCUT2D eigenvalue weighted by Gasteiger charge is 2.13. The summed E-state index contributed by atoms with van der Waals surface area (Å²) in [5.74, 6) is 1.61. The van der Waals surface area contributed by atoms with Crippen LogP contribution in [0.5, 0.6) is 0 Å². The molecule has 2 aromatic carbocycles. The lowest BCUT2D eigenvalue weighted by atomic mass is 10.2. The fraction of sp³-hybridized carbons (Fsp3) is 0.300. The monoisotopic (exact) mass is 464 g/mol. The van der Waals surface area contributed by atoms with Crippen LogP contribution in [0.1, 0.15) is 25.8 Å². The maximum atomic E-state index is 13.1. The molecule has 3 rings (SSSR count). The van der Waals surface area contributed by atoms with Gasteiger partial charge in [0.15, 0.2) is 5.16 Å². The van der Waals surface area contributed by atoms with Gasteiger partial charge in [0.2, 0.25) is 0 Å². The Morgan fingerprint density at radius 2 is 1.92 bits per heavy atom. The third-order valence-electron chi connectivity index (χ3n) is 3.99. The zero-order valence-corrected chi connectivity index (χ0v) is 17.4. The van der Waals surface area contributed by atoms with E-state index in [9.17, 15) is 4.79 Å². The first-order valence-electron chi connectivity index (χ1n) is 8.41. The number of thioether (sulfide) groups is 1. The molecular formula is C20H21IN2OS. The molecule has 0 saturated carbocycles. The highest BCUT2D eigenvalue weighted by atomic mass is 127. The van der Waals surface area contributed by atoms with Gasteiger partial charge in [-0.15, -0.1) is 0 Å². The Labute approximate surface area is 166 Å². The average molecular weight is 464 g/mol. The first kappa shape index (κ1) is 18.5. The maximum Gasteiger partial charge on any atom is 0.262 e. The molecule has 0 fully saturated rings. The van der Waals surface area contributed by atoms with E-state index >= 15 is 0 Å². The number of fused-ring (bicyclic) bond motifs is 1. The van der Waals surface area contributed by atoms with Crippen LogP contribution in [-0.4, -0.2) is 15.3 Å². The standard InChI is InChI=1S/C20H21IN2OS/c1-14(2)10-11-25-20-22-18-9-8-16(21)12-17(18)19(24)23(20)13-15-6-4-3-5-7-15/h3-9,12,14H,10-11,13H2,1-2H3. The SMILES string of the molecule is CC(C)CCSc1nc2ccc(I)cc2c(=O)n1Cc1ccccc1. The van der Waals surface area contributed by atoms with Crippen molar-refractivity contribution in [1.29, 1.82) is 0 Å². The number of hydrogen-bond acceptors (Lipinski definition) is 3. The van der Waals surface area contributed by atoms with E-state index in [1.54, 1.807) is 11.8 Å². The summed E-state index contributed by atoms with van der Waals surface area (Å²) in [7, 11) is 0. The van der Waals surface area contributed by atoms with Gasteiger partial charge in [0.1, 0.15) is 0 Å². The quantitative estimate of drug-likeness (QED) is 0.286. The third-order valence-corrected chi connectivity index (χ3v) is 5.67. The van der Waals surface area contributed by atoms with E-state index in [1.807, 2.05) is 53.1 Å². The lowest BCUT2D eigenvalue weighted by Gasteiger charge is -2.14. The summed E-state index contributed by atoms with van der Waals surface area (Å²) in [6.07, 6.45) is 1.11. The molecule has 1 aromatic heterocycles. The molecule has 0 spiro atoms. The van der Waals surface area contributed by atoms with Crippen molar-refractivity contribution in [3.05, 3.63) is 68.0 Å². The first-order chi connectivity index (χ1) is 12.0. The molecule has 0 atom stereocenters. The van der Waals surface area contributed by atoms with Crippen molar-refractivity contribution in [2.45, 2.75) is 32.0 Å². The zero-order chi connectivity index (χ0) is 17.8. The van der Waals surface area contributed by atoms with Gasteiger partial charge < -0.3 is 0 Å². The fourth-order valence-corrected chi connectivity index (χ4v) is 4.30. The minimum Gasteiger partial charge on any atom is -0.283 e. The fourth-order valence-electron chi connectivity index (χ4n) is 2.57. The summed E-state index contributed by atoms with van der Waals surface area (Å²) in [6, 6.07) is 16.0. The van der Waals surface area contributed by atoms with Gasteiger partial charge in [0.05, 0.1) is 17.4 Å². The van der Waals surface area contributed by atoms with Gasteiger partial charge >= 0.3 is 0 Å². The molecule has 25 heavy (non-hydrogen) atoms. The normalized spacial score (nSPS) is 11.4. The Kier molecular flexibility index (Phi) is 6.17. The molecule has 130 valence electrons. The number of aromatic nitrogens is 2. The number of halogens is 1. The Bertz CT molecular complexity index is 922. The van der Waals surface area contributed by atoms with E-state index in [2.05, 4.69) is 36.4 Å². The maximum absolute atomic E-state index is 13.1. The van der Waals surface area contributed by atoms with E-state index in [0.717, 1.165) is 32.0 Å². The van der Waals surface area contributed by atoms with Crippen LogP contribution in [-0.2, 0) is 6.54 Å². The van der Waals surface area contributed by atoms with Gasteiger partial charge in [0.25, 0.3) is 5.56 Å². The minimum absolute atomic E-state index is 0.0411. The van der Waals surface area contributed by atoms with Gasteiger partial charge in [-0.3, -0.25) is 9.36 Å². The molecule has 0 aliphatic rings. The number of benzene rings is 2. The smallest absolute Gasteiger partial charge is 0.262 e. The summed E-state index contributed by atoms with van der Waals surface area (Å²) in [5, 5.41) is 1.50. The van der Waals surface area contributed by atoms with E-state index in [0.29, 0.717) is 17.8 Å². The summed E-state index contributed by atoms with van der Waals surface area (Å²) in [4.78, 5) is 17.9. The zero-order valence-electron chi connectivity index (χ0n) is 14.4. The molecule has 0 unspecified atom stereocenters. The molecule has 0 amide bonds. The molecular weight excluding hydrogens is 443 g/mol. The highest BCUT2D eigenvalue weighted by Crippen LogP contribution is 2.22. The van der Waals surface area contributed by atoms with Crippen LogP contribution in [0.4, 0.5) is 0 Å². The molecule has 0 aliphatic carbocycles. The van der Waals surface area contributed by atoms with Crippen molar-refractivity contribution in [2.75, 3.05) is 5.75 Å². The largest absolute Gasteiger partial charge is 0.283 e. The Morgan fingerprint density at radius 3 is 2.64 bits per heavy atom. The summed E-state index contributed by atoms with van der Waals surface area (Å²) in [6.45, 7) is 4.98. The van der Waals surface area contributed by atoms with Gasteiger partial charge in [-0.1, -0.05) is 55.9 Å². The average Bonchev–Trinajstić information content (AvgIpc) is 2.59. The second kappa shape index (κ2) is 8.36. The highest BCUT2D eigenvalue weighted by molar-refractivity contribution is 14.1. The third kappa shape index (κ3) is 4.64. The Morgan fingerprint density at radius 1 is 1.16 bits per heavy atom. The van der Waals surface area contributed by atoms with Gasteiger partial charge in [0, 0.05) is 9.32 Å². The lowest BCUT2D eigenvalue weighted by molar-refractivity contribution is 0.626. The van der Waals surface area contributed by atoms with Crippen molar-refractivity contribution in [3.63, 3.8) is 0 Å². The van der Waals surface area contributed by atoms with Crippen LogP contribution in [0.15, 0.2) is 58.5 Å².